The zero-order valence-electron chi connectivity index (χ0n) is 18.3. The predicted octanol–water partition coefficient (Wildman–Crippen LogP) is 5.20. The number of aryl methyl sites for hydroxylation is 2. The third-order valence-electron chi connectivity index (χ3n) is 5.13. The maximum atomic E-state index is 12.8. The Morgan fingerprint density at radius 3 is 2.44 bits per heavy atom. The van der Waals surface area contributed by atoms with Gasteiger partial charge in [0.2, 0.25) is 11.8 Å². The fourth-order valence-electron chi connectivity index (χ4n) is 3.58. The van der Waals surface area contributed by atoms with Crippen molar-refractivity contribution < 1.29 is 9.53 Å². The molecular formula is C25H25N5O2. The topological polar surface area (TPSA) is 81.9 Å². The van der Waals surface area contributed by atoms with Crippen LogP contribution in [0.4, 0.5) is 5.69 Å². The van der Waals surface area contributed by atoms with E-state index < -0.39 is 0 Å². The molecule has 1 atom stereocenters. The van der Waals surface area contributed by atoms with Gasteiger partial charge in [0.05, 0.1) is 11.6 Å². The SMILES string of the molecule is CCC(C(=O)Nc1ccc(Oc2cc(-n3nc(C)cc3C)ncn2)cc1)c1ccccc1. The van der Waals surface area contributed by atoms with Gasteiger partial charge in [0.25, 0.3) is 0 Å². The van der Waals surface area contributed by atoms with Crippen molar-refractivity contribution in [2.75, 3.05) is 5.32 Å². The highest BCUT2D eigenvalue weighted by Gasteiger charge is 2.18. The summed E-state index contributed by atoms with van der Waals surface area (Å²) in [7, 11) is 0. The number of rotatable bonds is 7. The lowest BCUT2D eigenvalue weighted by Crippen LogP contribution is -2.20. The summed E-state index contributed by atoms with van der Waals surface area (Å²) in [6.45, 7) is 5.91. The summed E-state index contributed by atoms with van der Waals surface area (Å²) in [5, 5.41) is 7.43. The van der Waals surface area contributed by atoms with Crippen molar-refractivity contribution in [2.45, 2.75) is 33.1 Å². The second kappa shape index (κ2) is 9.43. The molecule has 0 aliphatic rings. The first-order valence-corrected chi connectivity index (χ1v) is 10.5. The molecule has 1 amide bonds. The number of benzene rings is 2. The van der Waals surface area contributed by atoms with E-state index in [1.165, 1.54) is 6.33 Å². The first kappa shape index (κ1) is 21.2. The van der Waals surface area contributed by atoms with Crippen molar-refractivity contribution in [3.63, 3.8) is 0 Å². The maximum Gasteiger partial charge on any atom is 0.231 e. The Labute approximate surface area is 187 Å². The van der Waals surface area contributed by atoms with E-state index >= 15 is 0 Å². The Hall–Kier alpha value is -4.00. The molecule has 1 unspecified atom stereocenters. The number of hydrogen-bond donors (Lipinski definition) is 1. The number of anilines is 1. The minimum atomic E-state index is -0.194. The molecule has 0 fully saturated rings. The first-order chi connectivity index (χ1) is 15.5. The van der Waals surface area contributed by atoms with Crippen molar-refractivity contribution >= 4 is 11.6 Å². The second-order valence-electron chi connectivity index (χ2n) is 7.54. The smallest absolute Gasteiger partial charge is 0.231 e. The number of nitrogens with zero attached hydrogens (tertiary/aromatic N) is 4. The van der Waals surface area contributed by atoms with Gasteiger partial charge in [0.15, 0.2) is 5.82 Å². The van der Waals surface area contributed by atoms with Crippen molar-refractivity contribution in [1.82, 2.24) is 19.7 Å². The van der Waals surface area contributed by atoms with Crippen LogP contribution in [0.25, 0.3) is 5.82 Å². The number of carbonyl (C=O) groups excluding carboxylic acids is 1. The first-order valence-electron chi connectivity index (χ1n) is 10.5. The van der Waals surface area contributed by atoms with Gasteiger partial charge in [-0.3, -0.25) is 4.79 Å². The van der Waals surface area contributed by atoms with E-state index in [1.54, 1.807) is 22.9 Å². The van der Waals surface area contributed by atoms with Crippen LogP contribution in [0.3, 0.4) is 0 Å². The molecule has 2 aromatic carbocycles. The molecule has 7 nitrogen and oxygen atoms in total. The van der Waals surface area contributed by atoms with E-state index in [-0.39, 0.29) is 11.8 Å². The molecule has 162 valence electrons. The molecule has 0 saturated carbocycles. The maximum absolute atomic E-state index is 12.8. The van der Waals surface area contributed by atoms with Crippen LogP contribution < -0.4 is 10.1 Å². The van der Waals surface area contributed by atoms with Gasteiger partial charge >= 0.3 is 0 Å². The molecule has 1 N–H and O–H groups in total. The fraction of sp³-hybridized carbons (Fsp3) is 0.200. The standard InChI is InChI=1S/C25H25N5O2/c1-4-22(19-8-6-5-7-9-19)25(31)28-20-10-12-21(13-11-20)32-24-15-23(26-16-27-24)30-18(3)14-17(2)29-30/h5-16,22H,4H2,1-3H3,(H,28,31). The average molecular weight is 428 g/mol. The lowest BCUT2D eigenvalue weighted by atomic mass is 9.95. The largest absolute Gasteiger partial charge is 0.439 e. The van der Waals surface area contributed by atoms with Crippen LogP contribution in [0.5, 0.6) is 11.6 Å². The molecular weight excluding hydrogens is 402 g/mol. The minimum Gasteiger partial charge on any atom is -0.439 e. The van der Waals surface area contributed by atoms with Gasteiger partial charge in [-0.1, -0.05) is 37.3 Å². The highest BCUT2D eigenvalue weighted by atomic mass is 16.5. The molecule has 0 aliphatic carbocycles. The van der Waals surface area contributed by atoms with Crippen molar-refractivity contribution in [3.05, 3.63) is 90.0 Å². The Bertz CT molecular complexity index is 1200. The van der Waals surface area contributed by atoms with Gasteiger partial charge in [-0.25, -0.2) is 14.6 Å². The van der Waals surface area contributed by atoms with Crippen LogP contribution in [0.15, 0.2) is 73.1 Å². The quantitative estimate of drug-likeness (QED) is 0.438. The summed E-state index contributed by atoms with van der Waals surface area (Å²) in [4.78, 5) is 21.2. The molecule has 32 heavy (non-hydrogen) atoms. The van der Waals surface area contributed by atoms with E-state index in [9.17, 15) is 4.79 Å². The molecule has 0 saturated heterocycles. The lowest BCUT2D eigenvalue weighted by Gasteiger charge is -2.15. The van der Waals surface area contributed by atoms with Gasteiger partial charge < -0.3 is 10.1 Å². The van der Waals surface area contributed by atoms with Crippen LogP contribution in [-0.2, 0) is 4.79 Å². The Morgan fingerprint density at radius 2 is 1.78 bits per heavy atom. The minimum absolute atomic E-state index is 0.0299. The van der Waals surface area contributed by atoms with Crippen LogP contribution in [0, 0.1) is 13.8 Å². The monoisotopic (exact) mass is 427 g/mol. The van der Waals surface area contributed by atoms with Gasteiger partial charge in [0.1, 0.15) is 12.1 Å². The van der Waals surface area contributed by atoms with Gasteiger partial charge in [-0.05, 0) is 56.2 Å². The van der Waals surface area contributed by atoms with E-state index in [1.807, 2.05) is 69.3 Å². The summed E-state index contributed by atoms with van der Waals surface area (Å²) < 4.78 is 7.63. The number of hydrogen-bond acceptors (Lipinski definition) is 5. The zero-order valence-corrected chi connectivity index (χ0v) is 18.3. The van der Waals surface area contributed by atoms with Crippen LogP contribution in [0.2, 0.25) is 0 Å². The van der Waals surface area contributed by atoms with Crippen LogP contribution in [0.1, 0.15) is 36.2 Å². The zero-order chi connectivity index (χ0) is 22.5. The highest BCUT2D eigenvalue weighted by molar-refractivity contribution is 5.95. The molecule has 2 heterocycles. The summed E-state index contributed by atoms with van der Waals surface area (Å²) in [6.07, 6.45) is 2.17. The average Bonchev–Trinajstić information content (AvgIpc) is 3.14. The normalized spacial score (nSPS) is 11.7. The molecule has 7 heteroatoms. The van der Waals surface area contributed by atoms with Crippen LogP contribution in [-0.4, -0.2) is 25.7 Å². The van der Waals surface area contributed by atoms with Crippen LogP contribution >= 0.6 is 0 Å². The number of ether oxygens (including phenoxy) is 1. The third-order valence-corrected chi connectivity index (χ3v) is 5.13. The van der Waals surface area contributed by atoms with Crippen molar-refractivity contribution in [2.24, 2.45) is 0 Å². The van der Waals surface area contributed by atoms with E-state index in [0.717, 1.165) is 23.4 Å². The highest BCUT2D eigenvalue weighted by Crippen LogP contribution is 2.25. The summed E-state index contributed by atoms with van der Waals surface area (Å²) >= 11 is 0. The fourth-order valence-corrected chi connectivity index (χ4v) is 3.58. The molecule has 0 spiro atoms. The van der Waals surface area contributed by atoms with E-state index in [4.69, 9.17) is 4.74 Å². The van der Waals surface area contributed by atoms with E-state index in [2.05, 4.69) is 20.4 Å². The van der Waals surface area contributed by atoms with E-state index in [0.29, 0.717) is 23.1 Å². The second-order valence-corrected chi connectivity index (χ2v) is 7.54. The molecule has 2 aromatic heterocycles. The van der Waals surface area contributed by atoms with Crippen molar-refractivity contribution in [3.8, 4) is 17.4 Å². The summed E-state index contributed by atoms with van der Waals surface area (Å²) in [5.74, 6) is 1.43. The number of amides is 1. The predicted molar refractivity (Wildman–Crippen MR) is 123 cm³/mol. The summed E-state index contributed by atoms with van der Waals surface area (Å²) in [5.41, 5.74) is 3.62. The number of aromatic nitrogens is 4. The van der Waals surface area contributed by atoms with Gasteiger partial charge in [-0.15, -0.1) is 0 Å². The third kappa shape index (κ3) is 4.83. The van der Waals surface area contributed by atoms with Gasteiger partial charge in [0, 0.05) is 17.4 Å². The van der Waals surface area contributed by atoms with Crippen molar-refractivity contribution in [1.29, 1.82) is 0 Å². The molecule has 4 rings (SSSR count). The molecule has 4 aromatic rings. The number of carbonyl (C=O) groups is 1. The molecule has 0 aliphatic heterocycles. The molecule has 0 bridgehead atoms. The lowest BCUT2D eigenvalue weighted by molar-refractivity contribution is -0.117. The Kier molecular flexibility index (Phi) is 6.26. The Morgan fingerprint density at radius 1 is 1.03 bits per heavy atom. The number of nitrogens with one attached hydrogen (secondary N) is 1. The Balaban J connectivity index is 1.44. The molecule has 0 radical (unpaired) electrons. The summed E-state index contributed by atoms with van der Waals surface area (Å²) in [6, 6.07) is 20.7. The van der Waals surface area contributed by atoms with Gasteiger partial charge in [-0.2, -0.15) is 5.10 Å².